The van der Waals surface area contributed by atoms with Crippen molar-refractivity contribution in [2.45, 2.75) is 19.0 Å². The maximum Gasteiger partial charge on any atom is 0.207 e. The monoisotopic (exact) mass is 218 g/mol. The maximum atomic E-state index is 5.78. The van der Waals surface area contributed by atoms with Crippen molar-refractivity contribution >= 4 is 22.9 Å². The molecule has 1 aliphatic rings. The lowest BCUT2D eigenvalue weighted by atomic mass is 10.3. The van der Waals surface area contributed by atoms with Gasteiger partial charge in [0.25, 0.3) is 0 Å². The Morgan fingerprint density at radius 1 is 1.62 bits per heavy atom. The molecule has 1 aliphatic heterocycles. The van der Waals surface area contributed by atoms with Gasteiger partial charge >= 0.3 is 0 Å². The highest BCUT2D eigenvalue weighted by atomic mass is 35.5. The summed E-state index contributed by atoms with van der Waals surface area (Å²) < 4.78 is 0.512. The largest absolute Gasteiger partial charge is 0.326 e. The van der Waals surface area contributed by atoms with E-state index in [1.807, 2.05) is 0 Å². The molecule has 0 amide bonds. The molecule has 1 aromatic rings. The highest BCUT2D eigenvalue weighted by Crippen LogP contribution is 2.18. The third-order valence-corrected chi connectivity index (χ3v) is 3.11. The minimum atomic E-state index is 0.323. The Hall–Kier alpha value is -0.230. The van der Waals surface area contributed by atoms with E-state index in [1.165, 1.54) is 11.3 Å². The summed E-state index contributed by atoms with van der Waals surface area (Å²) in [5, 5.41) is 8.68. The summed E-state index contributed by atoms with van der Waals surface area (Å²) in [5.74, 6) is 0. The molecule has 1 unspecified atom stereocenters. The van der Waals surface area contributed by atoms with Crippen molar-refractivity contribution in [3.63, 3.8) is 0 Å². The molecule has 1 fully saturated rings. The van der Waals surface area contributed by atoms with Gasteiger partial charge in [0.15, 0.2) is 0 Å². The zero-order valence-corrected chi connectivity index (χ0v) is 8.68. The summed E-state index contributed by atoms with van der Waals surface area (Å²) in [6.07, 6.45) is 1.08. The SMILES string of the molecule is NC1CCN(Cc2nnc(Cl)s2)C1. The van der Waals surface area contributed by atoms with Gasteiger partial charge in [-0.1, -0.05) is 11.3 Å². The van der Waals surface area contributed by atoms with E-state index in [-0.39, 0.29) is 0 Å². The molecule has 0 radical (unpaired) electrons. The van der Waals surface area contributed by atoms with Crippen LogP contribution in [0.5, 0.6) is 0 Å². The van der Waals surface area contributed by atoms with Crippen LogP contribution in [0.2, 0.25) is 4.47 Å². The molecule has 0 spiro atoms. The van der Waals surface area contributed by atoms with Crippen LogP contribution in [-0.4, -0.2) is 34.2 Å². The van der Waals surface area contributed by atoms with Gasteiger partial charge in [-0.2, -0.15) is 0 Å². The number of nitrogens with zero attached hydrogens (tertiary/aromatic N) is 3. The number of nitrogens with two attached hydrogens (primary N) is 1. The molecular formula is C7H11ClN4S. The fourth-order valence-corrected chi connectivity index (χ4v) is 2.40. The Balaban J connectivity index is 1.91. The van der Waals surface area contributed by atoms with Gasteiger partial charge in [0.05, 0.1) is 6.54 Å². The molecule has 72 valence electrons. The van der Waals surface area contributed by atoms with Crippen LogP contribution in [0.3, 0.4) is 0 Å². The molecule has 4 nitrogen and oxygen atoms in total. The highest BCUT2D eigenvalue weighted by molar-refractivity contribution is 7.15. The Morgan fingerprint density at radius 3 is 3.00 bits per heavy atom. The highest BCUT2D eigenvalue weighted by Gasteiger charge is 2.19. The van der Waals surface area contributed by atoms with Crippen molar-refractivity contribution < 1.29 is 0 Å². The van der Waals surface area contributed by atoms with Crippen LogP contribution < -0.4 is 5.73 Å². The summed E-state index contributed by atoms with van der Waals surface area (Å²) in [4.78, 5) is 2.28. The van der Waals surface area contributed by atoms with Crippen molar-refractivity contribution in [1.29, 1.82) is 0 Å². The summed E-state index contributed by atoms with van der Waals surface area (Å²) in [6.45, 7) is 2.84. The molecule has 2 N–H and O–H groups in total. The maximum absolute atomic E-state index is 5.78. The van der Waals surface area contributed by atoms with Crippen LogP contribution in [0.15, 0.2) is 0 Å². The van der Waals surface area contributed by atoms with Crippen molar-refractivity contribution in [2.24, 2.45) is 5.73 Å². The van der Waals surface area contributed by atoms with E-state index in [4.69, 9.17) is 17.3 Å². The lowest BCUT2D eigenvalue weighted by Gasteiger charge is -2.11. The number of hydrogen-bond acceptors (Lipinski definition) is 5. The minimum absolute atomic E-state index is 0.323. The minimum Gasteiger partial charge on any atom is -0.326 e. The molecule has 1 aromatic heterocycles. The van der Waals surface area contributed by atoms with Gasteiger partial charge in [0.2, 0.25) is 4.47 Å². The van der Waals surface area contributed by atoms with E-state index in [9.17, 15) is 0 Å². The second kappa shape index (κ2) is 3.88. The molecule has 1 atom stereocenters. The number of hydrogen-bond donors (Lipinski definition) is 1. The normalized spacial score (nSPS) is 24.0. The Bertz CT molecular complexity index is 290. The number of likely N-dealkylation sites (tertiary alicyclic amines) is 1. The van der Waals surface area contributed by atoms with Crippen molar-refractivity contribution in [3.05, 3.63) is 9.47 Å². The zero-order chi connectivity index (χ0) is 9.26. The predicted molar refractivity (Wildman–Crippen MR) is 52.8 cm³/mol. The molecule has 2 heterocycles. The van der Waals surface area contributed by atoms with Crippen LogP contribution >= 0.6 is 22.9 Å². The van der Waals surface area contributed by atoms with Gasteiger partial charge < -0.3 is 5.73 Å². The molecule has 6 heteroatoms. The first-order chi connectivity index (χ1) is 6.24. The Kier molecular flexibility index (Phi) is 2.78. The summed E-state index contributed by atoms with van der Waals surface area (Å²) in [6, 6.07) is 0.323. The van der Waals surface area contributed by atoms with Gasteiger partial charge in [-0.3, -0.25) is 4.90 Å². The van der Waals surface area contributed by atoms with Gasteiger partial charge in [-0.15, -0.1) is 10.2 Å². The zero-order valence-electron chi connectivity index (χ0n) is 7.11. The second-order valence-electron chi connectivity index (χ2n) is 3.23. The molecule has 0 bridgehead atoms. The lowest BCUT2D eigenvalue weighted by molar-refractivity contribution is 0.325. The van der Waals surface area contributed by atoms with Crippen molar-refractivity contribution in [3.8, 4) is 0 Å². The van der Waals surface area contributed by atoms with Crippen LogP contribution in [0.4, 0.5) is 0 Å². The van der Waals surface area contributed by atoms with Gasteiger partial charge in [0.1, 0.15) is 5.01 Å². The molecule has 13 heavy (non-hydrogen) atoms. The fourth-order valence-electron chi connectivity index (χ4n) is 1.49. The van der Waals surface area contributed by atoms with E-state index < -0.39 is 0 Å². The molecular weight excluding hydrogens is 208 g/mol. The van der Waals surface area contributed by atoms with E-state index in [0.717, 1.165) is 31.1 Å². The second-order valence-corrected chi connectivity index (χ2v) is 4.88. The quantitative estimate of drug-likeness (QED) is 0.795. The topological polar surface area (TPSA) is 55.0 Å². The van der Waals surface area contributed by atoms with Gasteiger partial charge in [-0.25, -0.2) is 0 Å². The number of halogens is 1. The van der Waals surface area contributed by atoms with Crippen LogP contribution in [0, 0.1) is 0 Å². The van der Waals surface area contributed by atoms with E-state index >= 15 is 0 Å². The van der Waals surface area contributed by atoms with E-state index in [0.29, 0.717) is 10.5 Å². The third-order valence-electron chi connectivity index (χ3n) is 2.11. The van der Waals surface area contributed by atoms with Crippen LogP contribution in [0.25, 0.3) is 0 Å². The van der Waals surface area contributed by atoms with E-state index in [1.54, 1.807) is 0 Å². The summed E-state index contributed by atoms with van der Waals surface area (Å²) in [5.41, 5.74) is 5.78. The van der Waals surface area contributed by atoms with E-state index in [2.05, 4.69) is 15.1 Å². The summed E-state index contributed by atoms with van der Waals surface area (Å²) in [7, 11) is 0. The van der Waals surface area contributed by atoms with Crippen LogP contribution in [0.1, 0.15) is 11.4 Å². The molecule has 0 aliphatic carbocycles. The Labute approximate surface area is 85.7 Å². The smallest absolute Gasteiger partial charge is 0.207 e. The predicted octanol–water partition coefficient (Wildman–Crippen LogP) is 0.724. The van der Waals surface area contributed by atoms with Crippen LogP contribution in [-0.2, 0) is 6.54 Å². The van der Waals surface area contributed by atoms with Crippen molar-refractivity contribution in [2.75, 3.05) is 13.1 Å². The molecule has 1 saturated heterocycles. The summed E-state index contributed by atoms with van der Waals surface area (Å²) >= 11 is 7.11. The molecule has 0 aromatic carbocycles. The fraction of sp³-hybridized carbons (Fsp3) is 0.714. The first-order valence-electron chi connectivity index (χ1n) is 4.20. The molecule has 0 saturated carbocycles. The average molecular weight is 219 g/mol. The van der Waals surface area contributed by atoms with Crippen molar-refractivity contribution in [1.82, 2.24) is 15.1 Å². The lowest BCUT2D eigenvalue weighted by Crippen LogP contribution is -2.26. The first kappa shape index (κ1) is 9.33. The number of aromatic nitrogens is 2. The Morgan fingerprint density at radius 2 is 2.46 bits per heavy atom. The number of rotatable bonds is 2. The van der Waals surface area contributed by atoms with Gasteiger partial charge in [-0.05, 0) is 18.0 Å². The average Bonchev–Trinajstić information content (AvgIpc) is 2.62. The molecule has 2 rings (SSSR count). The standard InChI is InChI=1S/C7H11ClN4S/c8-7-11-10-6(13-7)4-12-2-1-5(9)3-12/h5H,1-4,9H2. The first-order valence-corrected chi connectivity index (χ1v) is 5.39. The third kappa shape index (κ3) is 2.37. The van der Waals surface area contributed by atoms with Gasteiger partial charge in [0, 0.05) is 19.1 Å².